The van der Waals surface area contributed by atoms with Crippen molar-refractivity contribution in [2.75, 3.05) is 31.3 Å². The van der Waals surface area contributed by atoms with Gasteiger partial charge < -0.3 is 20.1 Å². The number of anilines is 3. The molecule has 0 saturated heterocycles. The second-order valence-corrected chi connectivity index (χ2v) is 9.63. The summed E-state index contributed by atoms with van der Waals surface area (Å²) in [7, 11) is -6.27. The first kappa shape index (κ1) is 20.4. The Hall–Kier alpha value is -4.53. The normalized spacial score (nSPS) is 15.6. The Kier molecular flexibility index (Phi) is 5.76. The molecule has 40 heavy (non-hydrogen) atoms. The van der Waals surface area contributed by atoms with E-state index in [-0.39, 0.29) is 23.7 Å². The first-order valence-electron chi connectivity index (χ1n) is 15.6. The average molecular weight is 551 g/mol. The molecule has 0 unspecified atom stereocenters. The molecule has 1 aliphatic carbocycles. The van der Waals surface area contributed by atoms with Gasteiger partial charge >= 0.3 is 0 Å². The Morgan fingerprint density at radius 1 is 1.18 bits per heavy atom. The largest absolute Gasteiger partial charge is 0.494 e. The summed E-state index contributed by atoms with van der Waals surface area (Å²) in [6.07, 6.45) is 4.88. The van der Waals surface area contributed by atoms with Gasteiger partial charge in [0.15, 0.2) is 28.9 Å². The Bertz CT molecular complexity index is 1790. The predicted molar refractivity (Wildman–Crippen MR) is 153 cm³/mol. The van der Waals surface area contributed by atoms with Crippen LogP contribution in [0.4, 0.5) is 26.1 Å². The van der Waals surface area contributed by atoms with Crippen LogP contribution in [0.15, 0.2) is 55.3 Å². The van der Waals surface area contributed by atoms with E-state index in [0.29, 0.717) is 40.8 Å². The molecule has 0 bridgehead atoms. The number of ether oxygens (including phenoxy) is 2. The first-order chi connectivity index (χ1) is 21.6. The van der Waals surface area contributed by atoms with E-state index in [1.165, 1.54) is 18.3 Å². The number of para-hydroxylation sites is 1. The summed E-state index contributed by atoms with van der Waals surface area (Å²) < 4.78 is 85.4. The molecule has 7 nitrogen and oxygen atoms in total. The molecule has 2 N–H and O–H groups in total. The third-order valence-corrected chi connectivity index (χ3v) is 6.78. The number of aromatic nitrogens is 2. The average Bonchev–Trinajstić information content (AvgIpc) is 3.79. The van der Waals surface area contributed by atoms with Crippen LogP contribution in [-0.2, 0) is 11.2 Å². The van der Waals surface area contributed by atoms with Crippen LogP contribution in [0.5, 0.6) is 11.5 Å². The van der Waals surface area contributed by atoms with Crippen LogP contribution in [-0.4, -0.2) is 36.4 Å². The molecule has 5 rings (SSSR count). The summed E-state index contributed by atoms with van der Waals surface area (Å²) >= 11 is 0. The van der Waals surface area contributed by atoms with Crippen LogP contribution in [0, 0.1) is 24.5 Å². The van der Waals surface area contributed by atoms with Gasteiger partial charge in [0.05, 0.1) is 33.6 Å². The Labute approximate surface area is 239 Å². The lowest BCUT2D eigenvalue weighted by molar-refractivity contribution is -0.114. The summed E-state index contributed by atoms with van der Waals surface area (Å²) in [4.78, 5) is 21.1. The number of ketones is 1. The quantitative estimate of drug-likeness (QED) is 0.200. The molecule has 0 aliphatic heterocycles. The third-order valence-electron chi connectivity index (χ3n) is 6.78. The highest BCUT2D eigenvalue weighted by Gasteiger charge is 2.25. The molecule has 0 radical (unpaired) electrons. The molecular formula is C31H30F2N4O3. The van der Waals surface area contributed by atoms with Gasteiger partial charge in [-0.05, 0) is 55.0 Å². The Morgan fingerprint density at radius 3 is 2.60 bits per heavy atom. The molecule has 9 heteroatoms. The van der Waals surface area contributed by atoms with Crippen molar-refractivity contribution in [3.8, 4) is 22.8 Å². The predicted octanol–water partition coefficient (Wildman–Crippen LogP) is 6.76. The highest BCUT2D eigenvalue weighted by molar-refractivity contribution is 5.96. The molecule has 0 spiro atoms. The molecule has 2 aromatic carbocycles. The number of carbonyl (C=O) groups is 1. The SMILES string of the molecule is [2H]C([2H])([2H])Oc1cc(OC([2H])([2H])[2H])c(F)c(-c2cc3cnc(Nc4c(C)cccc4CC(=O)C=C)cc3c(NCC3CC3)n2)c1F. The van der Waals surface area contributed by atoms with Crippen LogP contribution in [0.1, 0.15) is 32.2 Å². The number of benzene rings is 2. The van der Waals surface area contributed by atoms with E-state index in [0.717, 1.165) is 24.0 Å². The molecular weight excluding hydrogens is 514 g/mol. The summed E-state index contributed by atoms with van der Waals surface area (Å²) in [6.45, 7) is 5.96. The van der Waals surface area contributed by atoms with Crippen LogP contribution < -0.4 is 20.1 Å². The highest BCUT2D eigenvalue weighted by atomic mass is 19.1. The molecule has 4 aromatic rings. The van der Waals surface area contributed by atoms with Gasteiger partial charge in [-0.15, -0.1) is 0 Å². The Morgan fingerprint density at radius 2 is 1.93 bits per heavy atom. The van der Waals surface area contributed by atoms with Crippen molar-refractivity contribution in [3.63, 3.8) is 0 Å². The molecule has 0 amide bonds. The van der Waals surface area contributed by atoms with E-state index in [2.05, 4.69) is 27.2 Å². The summed E-state index contributed by atoms with van der Waals surface area (Å²) in [5, 5.41) is 7.49. The van der Waals surface area contributed by atoms with E-state index >= 15 is 8.78 Å². The second-order valence-electron chi connectivity index (χ2n) is 9.63. The van der Waals surface area contributed by atoms with Crippen molar-refractivity contribution in [3.05, 3.63) is 78.0 Å². The number of nitrogens with one attached hydrogen (secondary N) is 2. The van der Waals surface area contributed by atoms with E-state index in [9.17, 15) is 4.79 Å². The smallest absolute Gasteiger partial charge is 0.177 e. The van der Waals surface area contributed by atoms with Crippen molar-refractivity contribution < 1.29 is 31.3 Å². The van der Waals surface area contributed by atoms with Gasteiger partial charge in [0.1, 0.15) is 11.6 Å². The molecule has 2 aromatic heterocycles. The lowest BCUT2D eigenvalue weighted by Gasteiger charge is -2.17. The third kappa shape index (κ3) is 5.45. The van der Waals surface area contributed by atoms with Crippen molar-refractivity contribution in [2.24, 2.45) is 5.92 Å². The fourth-order valence-corrected chi connectivity index (χ4v) is 4.45. The number of fused-ring (bicyclic) bond motifs is 1. The number of hydrogen-bond acceptors (Lipinski definition) is 7. The first-order valence-corrected chi connectivity index (χ1v) is 12.6. The zero-order chi connectivity index (χ0) is 33.4. The van der Waals surface area contributed by atoms with Crippen molar-refractivity contribution in [2.45, 2.75) is 26.2 Å². The lowest BCUT2D eigenvalue weighted by Crippen LogP contribution is -2.08. The van der Waals surface area contributed by atoms with E-state index < -0.39 is 42.8 Å². The summed E-state index contributed by atoms with van der Waals surface area (Å²) in [5.41, 5.74) is 1.19. The zero-order valence-electron chi connectivity index (χ0n) is 27.6. The number of halogens is 2. The number of carbonyl (C=O) groups excluding carboxylic acids is 1. The number of methoxy groups -OCH3 is 2. The topological polar surface area (TPSA) is 85.4 Å². The zero-order valence-corrected chi connectivity index (χ0v) is 21.6. The van der Waals surface area contributed by atoms with Crippen LogP contribution >= 0.6 is 0 Å². The minimum Gasteiger partial charge on any atom is -0.494 e. The molecule has 2 heterocycles. The van der Waals surface area contributed by atoms with E-state index in [1.807, 2.05) is 25.1 Å². The maximum Gasteiger partial charge on any atom is 0.177 e. The van der Waals surface area contributed by atoms with Gasteiger partial charge in [0, 0.05) is 41.7 Å². The van der Waals surface area contributed by atoms with Gasteiger partial charge in [-0.3, -0.25) is 4.79 Å². The van der Waals surface area contributed by atoms with Gasteiger partial charge in [0.2, 0.25) is 0 Å². The molecule has 1 aliphatic rings. The maximum atomic E-state index is 15.8. The second kappa shape index (κ2) is 11.3. The fraction of sp³-hybridized carbons (Fsp3) is 0.258. The summed E-state index contributed by atoms with van der Waals surface area (Å²) in [5.74, 6) is -3.77. The summed E-state index contributed by atoms with van der Waals surface area (Å²) in [6, 6.07) is 9.15. The van der Waals surface area contributed by atoms with E-state index in [4.69, 9.17) is 17.7 Å². The number of allylic oxidation sites excluding steroid dienone is 1. The molecule has 1 saturated carbocycles. The number of aryl methyl sites for hydroxylation is 1. The molecule has 0 atom stereocenters. The van der Waals surface area contributed by atoms with Crippen molar-refractivity contribution in [1.29, 1.82) is 0 Å². The maximum absolute atomic E-state index is 15.8. The van der Waals surface area contributed by atoms with Crippen molar-refractivity contribution >= 4 is 33.9 Å². The van der Waals surface area contributed by atoms with Crippen LogP contribution in [0.2, 0.25) is 0 Å². The van der Waals surface area contributed by atoms with Crippen molar-refractivity contribution in [1.82, 2.24) is 9.97 Å². The highest BCUT2D eigenvalue weighted by Crippen LogP contribution is 2.39. The number of hydrogen-bond donors (Lipinski definition) is 2. The van der Waals surface area contributed by atoms with Gasteiger partial charge in [-0.2, -0.15) is 0 Å². The van der Waals surface area contributed by atoms with E-state index in [1.54, 1.807) is 6.07 Å². The van der Waals surface area contributed by atoms with Crippen LogP contribution in [0.3, 0.4) is 0 Å². The fourth-order valence-electron chi connectivity index (χ4n) is 4.45. The number of rotatable bonds is 11. The van der Waals surface area contributed by atoms with Gasteiger partial charge in [0.25, 0.3) is 0 Å². The molecule has 206 valence electrons. The number of pyridine rings is 2. The Balaban J connectivity index is 1.64. The standard InChI is InChI=1S/C31H30F2N4O3/c1-5-21(38)11-19-8-6-7-17(2)30(19)37-26-13-22-20(16-34-26)12-23(36-31(22)35-15-18-9-10-18)27-28(32)24(39-3)14-25(40-4)29(27)33/h5-8,12-14,16,18H,1,9-11,15H2,2-4H3,(H,34,37)(H,35,36)/i3D3,4D3. The minimum atomic E-state index is -3.13. The van der Waals surface area contributed by atoms with Gasteiger partial charge in [-0.1, -0.05) is 24.8 Å². The molecule has 1 fully saturated rings. The van der Waals surface area contributed by atoms with Gasteiger partial charge in [-0.25, -0.2) is 18.7 Å². The number of nitrogens with zero attached hydrogens (tertiary/aromatic N) is 2. The minimum absolute atomic E-state index is 0.134. The monoisotopic (exact) mass is 550 g/mol. The van der Waals surface area contributed by atoms with Crippen LogP contribution in [0.25, 0.3) is 22.0 Å². The lowest BCUT2D eigenvalue weighted by atomic mass is 10.0.